The van der Waals surface area contributed by atoms with Crippen molar-refractivity contribution in [2.45, 2.75) is 18.1 Å². The van der Waals surface area contributed by atoms with Gasteiger partial charge >= 0.3 is 12.1 Å². The molecule has 0 atom stereocenters. The van der Waals surface area contributed by atoms with E-state index in [9.17, 15) is 18.0 Å². The molecule has 98 valence electrons. The minimum atomic E-state index is -4.39. The summed E-state index contributed by atoms with van der Waals surface area (Å²) in [6, 6.07) is 2.22. The molecule has 3 nitrogen and oxygen atoms in total. The minimum absolute atomic E-state index is 0.366. The first-order valence-corrected chi connectivity index (χ1v) is 5.84. The minimum Gasteiger partial charge on any atom is -0.478 e. The van der Waals surface area contributed by atoms with Crippen molar-refractivity contribution in [3.63, 3.8) is 0 Å². The first kappa shape index (κ1) is 14.6. The Morgan fingerprint density at radius 2 is 2.17 bits per heavy atom. The van der Waals surface area contributed by atoms with Crippen LogP contribution in [-0.2, 0) is 11.0 Å². The van der Waals surface area contributed by atoms with Gasteiger partial charge in [0.05, 0.1) is 10.6 Å². The van der Waals surface area contributed by atoms with Crippen LogP contribution in [0.5, 0.6) is 0 Å². The van der Waals surface area contributed by atoms with Crippen LogP contribution >= 0.6 is 11.8 Å². The highest BCUT2D eigenvalue weighted by atomic mass is 32.2. The molecule has 1 aromatic heterocycles. The number of aromatic nitrogens is 1. The molecule has 1 rings (SSSR count). The van der Waals surface area contributed by atoms with E-state index in [2.05, 4.69) is 4.98 Å². The molecule has 0 aromatic carbocycles. The van der Waals surface area contributed by atoms with E-state index in [-0.39, 0.29) is 0 Å². The van der Waals surface area contributed by atoms with Gasteiger partial charge in [-0.15, -0.1) is 11.8 Å². The number of hydrogen-bond acceptors (Lipinski definition) is 3. The Balaban J connectivity index is 2.63. The van der Waals surface area contributed by atoms with Crippen LogP contribution < -0.4 is 0 Å². The van der Waals surface area contributed by atoms with E-state index in [0.29, 0.717) is 16.4 Å². The number of pyridine rings is 1. The van der Waals surface area contributed by atoms with Gasteiger partial charge in [-0.25, -0.2) is 9.78 Å². The second kappa shape index (κ2) is 5.90. The van der Waals surface area contributed by atoms with Gasteiger partial charge < -0.3 is 5.11 Å². The highest BCUT2D eigenvalue weighted by Crippen LogP contribution is 2.29. The van der Waals surface area contributed by atoms with Crippen LogP contribution in [0.25, 0.3) is 0 Å². The van der Waals surface area contributed by atoms with Crippen molar-refractivity contribution in [2.75, 3.05) is 5.75 Å². The SMILES string of the molecule is CC(=CC(=O)O)CSc1ccc(C(F)(F)F)cn1. The zero-order valence-corrected chi connectivity index (χ0v) is 10.2. The lowest BCUT2D eigenvalue weighted by molar-refractivity contribution is -0.138. The van der Waals surface area contributed by atoms with Crippen molar-refractivity contribution in [2.24, 2.45) is 0 Å². The number of alkyl halides is 3. The number of thioether (sulfide) groups is 1. The highest BCUT2D eigenvalue weighted by molar-refractivity contribution is 7.99. The molecule has 0 amide bonds. The van der Waals surface area contributed by atoms with E-state index < -0.39 is 17.7 Å². The predicted octanol–water partition coefficient (Wildman–Crippen LogP) is 3.22. The summed E-state index contributed by atoms with van der Waals surface area (Å²) in [7, 11) is 0. The Bertz CT molecular complexity index is 454. The molecule has 0 aliphatic carbocycles. The van der Waals surface area contributed by atoms with Gasteiger partial charge in [0.25, 0.3) is 0 Å². The third kappa shape index (κ3) is 4.79. The molecule has 0 aliphatic heterocycles. The van der Waals surface area contributed by atoms with Crippen molar-refractivity contribution < 1.29 is 23.1 Å². The van der Waals surface area contributed by atoms with Crippen molar-refractivity contribution in [1.82, 2.24) is 4.98 Å². The molecule has 0 unspecified atom stereocenters. The van der Waals surface area contributed by atoms with Crippen LogP contribution in [0.2, 0.25) is 0 Å². The molecule has 0 saturated carbocycles. The molecule has 1 aromatic rings. The van der Waals surface area contributed by atoms with E-state index in [1.165, 1.54) is 17.8 Å². The van der Waals surface area contributed by atoms with Crippen molar-refractivity contribution in [1.29, 1.82) is 0 Å². The Hall–Kier alpha value is -1.50. The predicted molar refractivity (Wildman–Crippen MR) is 61.4 cm³/mol. The number of carboxylic acids is 1. The maximum atomic E-state index is 12.3. The molecule has 0 fully saturated rings. The smallest absolute Gasteiger partial charge is 0.417 e. The largest absolute Gasteiger partial charge is 0.478 e. The summed E-state index contributed by atoms with van der Waals surface area (Å²) in [6.45, 7) is 1.63. The summed E-state index contributed by atoms with van der Waals surface area (Å²) < 4.78 is 36.8. The first-order chi connectivity index (χ1) is 8.29. The molecular formula is C11H10F3NO2S. The number of hydrogen-bond donors (Lipinski definition) is 1. The molecule has 1 N–H and O–H groups in total. The molecule has 0 radical (unpaired) electrons. The summed E-state index contributed by atoms with van der Waals surface area (Å²) in [6.07, 6.45) is -2.58. The first-order valence-electron chi connectivity index (χ1n) is 4.85. The van der Waals surface area contributed by atoms with Gasteiger partial charge in [-0.05, 0) is 19.1 Å². The number of rotatable bonds is 4. The van der Waals surface area contributed by atoms with Gasteiger partial charge in [0.1, 0.15) is 0 Å². The van der Waals surface area contributed by atoms with E-state index in [0.717, 1.165) is 18.3 Å². The molecule has 0 bridgehead atoms. The van der Waals surface area contributed by atoms with Crippen LogP contribution in [0.1, 0.15) is 12.5 Å². The third-order valence-corrected chi connectivity index (χ3v) is 3.02. The van der Waals surface area contributed by atoms with Gasteiger partial charge in [-0.2, -0.15) is 13.2 Å². The van der Waals surface area contributed by atoms with Crippen LogP contribution in [0, 0.1) is 0 Å². The lowest BCUT2D eigenvalue weighted by Gasteiger charge is -2.06. The number of nitrogens with zero attached hydrogens (tertiary/aromatic N) is 1. The van der Waals surface area contributed by atoms with Gasteiger partial charge in [0.2, 0.25) is 0 Å². The topological polar surface area (TPSA) is 50.2 Å². The summed E-state index contributed by atoms with van der Waals surface area (Å²) in [5.41, 5.74) is -0.196. The van der Waals surface area contributed by atoms with Crippen LogP contribution in [0.4, 0.5) is 13.2 Å². The molecule has 0 spiro atoms. The average Bonchev–Trinajstić information content (AvgIpc) is 2.25. The number of aliphatic carboxylic acids is 1. The van der Waals surface area contributed by atoms with Gasteiger partial charge in [-0.1, -0.05) is 5.57 Å². The molecule has 0 aliphatic rings. The van der Waals surface area contributed by atoms with Gasteiger partial charge in [0, 0.05) is 18.0 Å². The third-order valence-electron chi connectivity index (χ3n) is 1.88. The standard InChI is InChI=1S/C11H10F3NO2S/c1-7(4-10(16)17)6-18-9-3-2-8(5-15-9)11(12,13)14/h2-5H,6H2,1H3,(H,16,17). The molecule has 7 heteroatoms. The fraction of sp³-hybridized carbons (Fsp3) is 0.273. The van der Waals surface area contributed by atoms with E-state index in [4.69, 9.17) is 5.11 Å². The van der Waals surface area contributed by atoms with Crippen LogP contribution in [0.3, 0.4) is 0 Å². The normalized spacial score (nSPS) is 12.6. The Kier molecular flexibility index (Phi) is 4.77. The molecular weight excluding hydrogens is 267 g/mol. The quantitative estimate of drug-likeness (QED) is 0.678. The molecule has 1 heterocycles. The summed E-state index contributed by atoms with van der Waals surface area (Å²) in [4.78, 5) is 14.0. The van der Waals surface area contributed by atoms with Crippen molar-refractivity contribution in [3.05, 3.63) is 35.5 Å². The number of carbonyl (C=O) groups is 1. The highest BCUT2D eigenvalue weighted by Gasteiger charge is 2.30. The Labute approximate surface area is 106 Å². The molecule has 18 heavy (non-hydrogen) atoms. The lowest BCUT2D eigenvalue weighted by Crippen LogP contribution is -2.05. The van der Waals surface area contributed by atoms with Crippen molar-refractivity contribution >= 4 is 17.7 Å². The average molecular weight is 277 g/mol. The fourth-order valence-corrected chi connectivity index (χ4v) is 1.82. The summed E-state index contributed by atoms with van der Waals surface area (Å²) in [5, 5.41) is 8.90. The number of halogens is 3. The van der Waals surface area contributed by atoms with E-state index in [1.54, 1.807) is 6.92 Å². The van der Waals surface area contributed by atoms with E-state index >= 15 is 0 Å². The zero-order valence-electron chi connectivity index (χ0n) is 9.36. The van der Waals surface area contributed by atoms with Gasteiger partial charge in [0.15, 0.2) is 0 Å². The Morgan fingerprint density at radius 3 is 2.61 bits per heavy atom. The van der Waals surface area contributed by atoms with Crippen LogP contribution in [-0.4, -0.2) is 21.8 Å². The maximum absolute atomic E-state index is 12.3. The Morgan fingerprint density at radius 1 is 1.50 bits per heavy atom. The second-order valence-electron chi connectivity index (χ2n) is 3.50. The van der Waals surface area contributed by atoms with E-state index in [1.807, 2.05) is 0 Å². The summed E-state index contributed by atoms with van der Waals surface area (Å²) in [5.74, 6) is -0.682. The van der Waals surface area contributed by atoms with Crippen molar-refractivity contribution in [3.8, 4) is 0 Å². The lowest BCUT2D eigenvalue weighted by atomic mass is 10.3. The molecule has 0 saturated heterocycles. The second-order valence-corrected chi connectivity index (χ2v) is 4.50. The number of carboxylic acid groups (broad SMARTS) is 1. The maximum Gasteiger partial charge on any atom is 0.417 e. The van der Waals surface area contributed by atoms with Crippen LogP contribution in [0.15, 0.2) is 35.0 Å². The summed E-state index contributed by atoms with van der Waals surface area (Å²) >= 11 is 1.18. The monoisotopic (exact) mass is 277 g/mol. The zero-order chi connectivity index (χ0) is 13.8. The van der Waals surface area contributed by atoms with Gasteiger partial charge in [-0.3, -0.25) is 0 Å². The fourth-order valence-electron chi connectivity index (χ4n) is 1.07.